The first-order chi connectivity index (χ1) is 37.9. The number of esters is 1. The van der Waals surface area contributed by atoms with Crippen molar-refractivity contribution in [3.8, 4) is 11.4 Å². The fourth-order valence-corrected chi connectivity index (χ4v) is 10.2. The molecule has 6 N–H and O–H groups in total. The Labute approximate surface area is 452 Å². The van der Waals surface area contributed by atoms with E-state index in [1.54, 1.807) is 62.2 Å². The van der Waals surface area contributed by atoms with E-state index in [1.807, 2.05) is 0 Å². The molecule has 0 spiro atoms. The number of fused-ring (bicyclic) bond motifs is 5. The van der Waals surface area contributed by atoms with Crippen molar-refractivity contribution >= 4 is 64.1 Å². The van der Waals surface area contributed by atoms with Crippen LogP contribution in [-0.2, 0) is 89.0 Å². The molecule has 2 aromatic heterocycles. The summed E-state index contributed by atoms with van der Waals surface area (Å²) in [5, 5.41) is 24.5. The van der Waals surface area contributed by atoms with Gasteiger partial charge in [0.2, 0.25) is 35.4 Å². The SMILES string of the molecule is CC[C@@]1(O)C(=O)OCc2c1cc1n(c2=O)Cc2c-1nc1cc(F)c(C)c3c1c2[C@@H](N(C)C(=O)COCCOCNC(=O)CNC(=O)[C@H](Cc1ccccc1)NC(=O)CNC(=O)CNC(=O)CCCCCN1C(=O)C=CC1=O)CC3. The Morgan fingerprint density at radius 3 is 2.32 bits per heavy atom. The average molecular weight is 1090 g/mol. The summed E-state index contributed by atoms with van der Waals surface area (Å²) in [6.45, 7) is 1.32. The van der Waals surface area contributed by atoms with Crippen LogP contribution in [0.5, 0.6) is 0 Å². The van der Waals surface area contributed by atoms with Gasteiger partial charge in [0.05, 0.1) is 67.9 Å². The minimum absolute atomic E-state index is 0.0221. The maximum atomic E-state index is 15.4. The molecule has 0 fully saturated rings. The summed E-state index contributed by atoms with van der Waals surface area (Å²) in [6, 6.07) is 10.1. The molecule has 0 radical (unpaired) electrons. The molecule has 4 aromatic rings. The Hall–Kier alpha value is -8.22. The minimum atomic E-state index is -2.04. The number of ether oxygens (including phenoxy) is 3. The van der Waals surface area contributed by atoms with Crippen molar-refractivity contribution in [2.75, 3.05) is 59.8 Å². The third-order valence-electron chi connectivity index (χ3n) is 14.6. The summed E-state index contributed by atoms with van der Waals surface area (Å²) in [7, 11) is 1.64. The van der Waals surface area contributed by atoms with E-state index in [0.717, 1.165) is 16.0 Å². The highest BCUT2D eigenvalue weighted by molar-refractivity contribution is 6.12. The van der Waals surface area contributed by atoms with Gasteiger partial charge in [-0.15, -0.1) is 0 Å². The standard InChI is InChI=1S/C55H62FN9O14/c1-4-55(76)36-22-41-51-34(27-65(41)53(74)35(36)28-79-54(55)75)50-40(15-14-33-31(2)37(56)23-38(62-51)49(33)50)63(3)48(72)29-77-19-20-78-30-60-44(68)25-59-52(73)39(21-32-11-7-5-8-12-32)61-45(69)26-58-43(67)24-57-42(66)13-9-6-10-18-64-46(70)16-17-47(64)71/h5,7-8,11-12,16-17,22-23,39-40,76H,4,6,9-10,13-15,18-21,24-30H2,1-3H3,(H,57,66)(H,58,67)(H,59,73)(H,60,68)(H,61,69)/t39-,40-,55-/m0/s1. The van der Waals surface area contributed by atoms with Crippen molar-refractivity contribution in [2.24, 2.45) is 0 Å². The van der Waals surface area contributed by atoms with Gasteiger partial charge >= 0.3 is 5.97 Å². The number of hydrogen-bond donors (Lipinski definition) is 6. The molecule has 0 saturated carbocycles. The lowest BCUT2D eigenvalue weighted by Crippen LogP contribution is -2.52. The molecule has 1 aliphatic carbocycles. The predicted molar refractivity (Wildman–Crippen MR) is 278 cm³/mol. The molecule has 24 heteroatoms. The van der Waals surface area contributed by atoms with Crippen LogP contribution in [0.25, 0.3) is 22.3 Å². The van der Waals surface area contributed by atoms with Crippen molar-refractivity contribution in [2.45, 2.75) is 96.1 Å². The Bertz CT molecular complexity index is 3180. The number of nitrogens with one attached hydrogen (secondary N) is 5. The third kappa shape index (κ3) is 12.7. The molecule has 5 heterocycles. The van der Waals surface area contributed by atoms with Crippen molar-refractivity contribution in [3.63, 3.8) is 0 Å². The van der Waals surface area contributed by atoms with Gasteiger partial charge in [-0.2, -0.15) is 0 Å². The Kier molecular flexibility index (Phi) is 18.1. The monoisotopic (exact) mass is 1090 g/mol. The number of likely N-dealkylation sites (N-methyl/N-ethyl adjacent to an activating group) is 1. The van der Waals surface area contributed by atoms with Gasteiger partial charge in [-0.3, -0.25) is 48.1 Å². The third-order valence-corrected chi connectivity index (χ3v) is 14.6. The van der Waals surface area contributed by atoms with Crippen molar-refractivity contribution in [1.29, 1.82) is 0 Å². The molecule has 8 amide bonds. The van der Waals surface area contributed by atoms with Gasteiger partial charge in [0.1, 0.15) is 31.8 Å². The molecule has 3 atom stereocenters. The van der Waals surface area contributed by atoms with Crippen LogP contribution in [0.15, 0.2) is 59.4 Å². The Morgan fingerprint density at radius 1 is 0.873 bits per heavy atom. The fourth-order valence-electron chi connectivity index (χ4n) is 10.2. The van der Waals surface area contributed by atoms with Gasteiger partial charge < -0.3 is 55.4 Å². The number of carbonyl (C=O) groups is 9. The van der Waals surface area contributed by atoms with E-state index in [2.05, 4.69) is 26.6 Å². The number of nitrogens with zero attached hydrogens (tertiary/aromatic N) is 4. The molecule has 3 aliphatic heterocycles. The van der Waals surface area contributed by atoms with Crippen LogP contribution in [-0.4, -0.2) is 144 Å². The molecule has 79 heavy (non-hydrogen) atoms. The van der Waals surface area contributed by atoms with Crippen LogP contribution in [0.2, 0.25) is 0 Å². The zero-order chi connectivity index (χ0) is 56.5. The van der Waals surface area contributed by atoms with Crippen LogP contribution >= 0.6 is 0 Å². The van der Waals surface area contributed by atoms with Crippen LogP contribution in [0.3, 0.4) is 0 Å². The number of cyclic esters (lactones) is 1. The normalized spacial score (nSPS) is 17.1. The number of aromatic nitrogens is 2. The lowest BCUT2D eigenvalue weighted by molar-refractivity contribution is -0.172. The molecular formula is C55H62FN9O14. The second-order valence-corrected chi connectivity index (χ2v) is 19.6. The fraction of sp³-hybridized carbons (Fsp3) is 0.436. The summed E-state index contributed by atoms with van der Waals surface area (Å²) in [4.78, 5) is 135. The van der Waals surface area contributed by atoms with E-state index < -0.39 is 84.2 Å². The van der Waals surface area contributed by atoms with Crippen LogP contribution in [0, 0.1) is 12.7 Å². The number of unbranched alkanes of at least 4 members (excludes halogenated alkanes) is 2. The number of benzene rings is 2. The highest BCUT2D eigenvalue weighted by Gasteiger charge is 2.46. The number of pyridine rings is 2. The second-order valence-electron chi connectivity index (χ2n) is 19.6. The second kappa shape index (κ2) is 25.1. The lowest BCUT2D eigenvalue weighted by atomic mass is 9.81. The zero-order valence-corrected chi connectivity index (χ0v) is 44.0. The molecule has 0 unspecified atom stereocenters. The molecule has 0 bridgehead atoms. The first kappa shape index (κ1) is 57.0. The van der Waals surface area contributed by atoms with E-state index in [1.165, 1.54) is 22.8 Å². The topological polar surface area (TPSA) is 303 Å². The maximum Gasteiger partial charge on any atom is 0.343 e. The van der Waals surface area contributed by atoms with E-state index in [9.17, 15) is 53.1 Å². The number of aryl methyl sites for hydroxylation is 1. The lowest BCUT2D eigenvalue weighted by Gasteiger charge is -2.35. The summed E-state index contributed by atoms with van der Waals surface area (Å²) < 4.78 is 33.3. The van der Waals surface area contributed by atoms with Crippen LogP contribution < -0.4 is 32.1 Å². The molecular weight excluding hydrogens is 1030 g/mol. The summed E-state index contributed by atoms with van der Waals surface area (Å²) in [6.07, 6.45) is 4.99. The molecule has 23 nitrogen and oxygen atoms in total. The zero-order valence-electron chi connectivity index (χ0n) is 44.0. The maximum absolute atomic E-state index is 15.4. The molecule has 418 valence electrons. The predicted octanol–water partition coefficient (Wildman–Crippen LogP) is 0.641. The quantitative estimate of drug-likeness (QED) is 0.0202. The molecule has 2 aromatic carbocycles. The Morgan fingerprint density at radius 2 is 1.57 bits per heavy atom. The van der Waals surface area contributed by atoms with Gasteiger partial charge in [-0.25, -0.2) is 14.2 Å². The number of aliphatic hydroxyl groups is 1. The van der Waals surface area contributed by atoms with Gasteiger partial charge in [0.25, 0.3) is 17.4 Å². The van der Waals surface area contributed by atoms with Gasteiger partial charge in [-0.05, 0) is 67.3 Å². The van der Waals surface area contributed by atoms with E-state index >= 15 is 4.39 Å². The average Bonchev–Trinajstić information content (AvgIpc) is 4.12. The number of hydrogen-bond acceptors (Lipinski definition) is 15. The summed E-state index contributed by atoms with van der Waals surface area (Å²) >= 11 is 0. The largest absolute Gasteiger partial charge is 0.458 e. The number of carbonyl (C=O) groups excluding carboxylic acids is 9. The van der Waals surface area contributed by atoms with Crippen molar-refractivity contribution < 1.29 is 66.9 Å². The molecule has 8 rings (SSSR count). The highest BCUT2D eigenvalue weighted by atomic mass is 19.1. The number of amides is 8. The van der Waals surface area contributed by atoms with Gasteiger partial charge in [0.15, 0.2) is 5.60 Å². The van der Waals surface area contributed by atoms with Crippen LogP contribution in [0.4, 0.5) is 4.39 Å². The van der Waals surface area contributed by atoms with E-state index in [0.29, 0.717) is 71.1 Å². The van der Waals surface area contributed by atoms with Crippen LogP contribution in [0.1, 0.15) is 90.4 Å². The summed E-state index contributed by atoms with van der Waals surface area (Å²) in [5.41, 5.74) is 2.22. The van der Waals surface area contributed by atoms with Crippen molar-refractivity contribution in [3.05, 3.63) is 110 Å². The van der Waals surface area contributed by atoms with E-state index in [4.69, 9.17) is 19.2 Å². The van der Waals surface area contributed by atoms with E-state index in [-0.39, 0.29) is 94.4 Å². The van der Waals surface area contributed by atoms with Gasteiger partial charge in [-0.1, -0.05) is 43.7 Å². The highest BCUT2D eigenvalue weighted by Crippen LogP contribution is 2.47. The smallest absolute Gasteiger partial charge is 0.343 e. The number of rotatable bonds is 25. The first-order valence-electron chi connectivity index (χ1n) is 26.1. The van der Waals surface area contributed by atoms with Gasteiger partial charge in [0, 0.05) is 61.2 Å². The first-order valence-corrected chi connectivity index (χ1v) is 26.1. The molecule has 4 aliphatic rings. The molecule has 0 saturated heterocycles. The van der Waals surface area contributed by atoms with Crippen molar-refractivity contribution in [1.82, 2.24) is 45.9 Å². The number of imide groups is 1. The number of halogens is 1. The minimum Gasteiger partial charge on any atom is -0.458 e. The summed E-state index contributed by atoms with van der Waals surface area (Å²) in [5.74, 6) is -5.44. The Balaban J connectivity index is 0.766.